The van der Waals surface area contributed by atoms with Gasteiger partial charge in [0, 0.05) is 21.6 Å². The molecular formula is C63H41N3. The van der Waals surface area contributed by atoms with Crippen molar-refractivity contribution < 1.29 is 0 Å². The van der Waals surface area contributed by atoms with Gasteiger partial charge in [-0.15, -0.1) is 0 Å². The van der Waals surface area contributed by atoms with Gasteiger partial charge in [-0.3, -0.25) is 0 Å². The summed E-state index contributed by atoms with van der Waals surface area (Å²) in [4.78, 5) is 0. The Kier molecular flexibility index (Phi) is 7.05. The summed E-state index contributed by atoms with van der Waals surface area (Å²) >= 11 is 0. The maximum Gasteiger partial charge on any atom is 0.0991 e. The number of aromatic nitrogens is 1. The molecule has 4 aliphatic rings. The minimum atomic E-state index is -0.567. The highest BCUT2D eigenvalue weighted by Crippen LogP contribution is 2.62. The SMILES string of the molecule is CC1(C)c2cc(C#N)ccc2-c2ccc(-c3ccc4c(c3)-c3cc(-c5ccc6c(c5)C(C)(C)c5cc(C#N)ccc5-6)ccc3C43c4ccccc4-n4c5ccccc5c5cccc3c54)cc21. The van der Waals surface area contributed by atoms with Crippen LogP contribution in [0.15, 0.2) is 176 Å². The molecule has 10 aromatic rings. The summed E-state index contributed by atoms with van der Waals surface area (Å²) in [6.07, 6.45) is 0. The van der Waals surface area contributed by atoms with Crippen molar-refractivity contribution in [1.29, 1.82) is 10.5 Å². The molecule has 0 bridgehead atoms. The molecule has 1 aromatic heterocycles. The van der Waals surface area contributed by atoms with Crippen molar-refractivity contribution in [3.63, 3.8) is 0 Å². The minimum Gasteiger partial charge on any atom is -0.309 e. The summed E-state index contributed by atoms with van der Waals surface area (Å²) < 4.78 is 2.51. The molecule has 9 aromatic carbocycles. The molecule has 3 nitrogen and oxygen atoms in total. The second-order valence-corrected chi connectivity index (χ2v) is 19.9. The van der Waals surface area contributed by atoms with Crippen LogP contribution in [-0.2, 0) is 16.2 Å². The average Bonchev–Trinajstić information content (AvgIpc) is 4.00. The van der Waals surface area contributed by atoms with E-state index in [1.165, 1.54) is 128 Å². The Morgan fingerprint density at radius 2 is 0.818 bits per heavy atom. The molecule has 66 heavy (non-hydrogen) atoms. The zero-order valence-electron chi connectivity index (χ0n) is 37.1. The van der Waals surface area contributed by atoms with E-state index >= 15 is 0 Å². The molecule has 2 heterocycles. The minimum absolute atomic E-state index is 0.247. The topological polar surface area (TPSA) is 52.5 Å². The number of rotatable bonds is 2. The van der Waals surface area contributed by atoms with Gasteiger partial charge in [-0.05, 0) is 161 Å². The molecule has 308 valence electrons. The van der Waals surface area contributed by atoms with Gasteiger partial charge in [0.05, 0.1) is 45.4 Å². The molecule has 0 saturated heterocycles. The second-order valence-electron chi connectivity index (χ2n) is 19.9. The highest BCUT2D eigenvalue weighted by Gasteiger charge is 2.51. The highest BCUT2D eigenvalue weighted by molar-refractivity contribution is 6.13. The Balaban J connectivity index is 1.01. The molecule has 0 saturated carbocycles. The van der Waals surface area contributed by atoms with E-state index in [1.807, 2.05) is 12.1 Å². The van der Waals surface area contributed by atoms with Gasteiger partial charge in [-0.2, -0.15) is 10.5 Å². The molecule has 1 aliphatic heterocycles. The first-order valence-corrected chi connectivity index (χ1v) is 22.9. The number of hydrogen-bond donors (Lipinski definition) is 0. The molecule has 14 rings (SSSR count). The number of fused-ring (bicyclic) bond motifs is 18. The number of nitrogens with zero attached hydrogens (tertiary/aromatic N) is 3. The predicted octanol–water partition coefficient (Wildman–Crippen LogP) is 15.2. The van der Waals surface area contributed by atoms with Gasteiger partial charge >= 0.3 is 0 Å². The van der Waals surface area contributed by atoms with Crippen LogP contribution >= 0.6 is 0 Å². The third-order valence-electron chi connectivity index (χ3n) is 16.1. The summed E-state index contributed by atoms with van der Waals surface area (Å²) in [7, 11) is 0. The van der Waals surface area contributed by atoms with Crippen LogP contribution in [0, 0.1) is 22.7 Å². The fourth-order valence-electron chi connectivity index (χ4n) is 12.9. The van der Waals surface area contributed by atoms with Gasteiger partial charge in [0.2, 0.25) is 0 Å². The lowest BCUT2D eigenvalue weighted by atomic mass is 9.65. The van der Waals surface area contributed by atoms with Crippen LogP contribution in [0.1, 0.15) is 83.3 Å². The number of nitriles is 2. The van der Waals surface area contributed by atoms with E-state index in [4.69, 9.17) is 0 Å². The standard InChI is InChI=1S/C63H41N3/c1-61(2)54-28-36(34-64)16-22-42(54)44-24-18-40(32-56(44)61)38-20-26-50-48(30-38)49-31-39(41-19-25-45-43-23-17-37(35-65)29-55(43)62(3,4)57(45)33-41)21-27-51(49)63(50)52-12-6-8-15-59(52)66-58-14-7-5-10-46(58)47-11-9-13-53(63)60(47)66/h5-33H,1-4H3. The summed E-state index contributed by atoms with van der Waals surface area (Å²) in [5, 5.41) is 22.1. The van der Waals surface area contributed by atoms with Crippen LogP contribution < -0.4 is 0 Å². The Bertz CT molecular complexity index is 3790. The molecule has 0 N–H and O–H groups in total. The van der Waals surface area contributed by atoms with E-state index in [2.05, 4.69) is 208 Å². The maximum atomic E-state index is 9.79. The lowest BCUT2D eigenvalue weighted by Gasteiger charge is -2.39. The van der Waals surface area contributed by atoms with Crippen LogP contribution in [0.25, 0.3) is 83.1 Å². The van der Waals surface area contributed by atoms with E-state index in [-0.39, 0.29) is 10.8 Å². The van der Waals surface area contributed by atoms with Crippen molar-refractivity contribution in [2.24, 2.45) is 0 Å². The van der Waals surface area contributed by atoms with Gasteiger partial charge in [-0.1, -0.05) is 143 Å². The quantitative estimate of drug-likeness (QED) is 0.174. The smallest absolute Gasteiger partial charge is 0.0991 e. The summed E-state index contributed by atoms with van der Waals surface area (Å²) in [6.45, 7) is 9.15. The van der Waals surface area contributed by atoms with Crippen LogP contribution in [0.5, 0.6) is 0 Å². The fraction of sp³-hybridized carbons (Fsp3) is 0.111. The maximum absolute atomic E-state index is 9.79. The Labute approximate surface area is 384 Å². The molecule has 0 atom stereocenters. The largest absolute Gasteiger partial charge is 0.309 e. The lowest BCUT2D eigenvalue weighted by Crippen LogP contribution is -2.33. The summed E-state index contributed by atoms with van der Waals surface area (Å²) in [5.74, 6) is 0. The third-order valence-corrected chi connectivity index (χ3v) is 16.1. The van der Waals surface area contributed by atoms with Gasteiger partial charge < -0.3 is 4.57 Å². The summed E-state index contributed by atoms with van der Waals surface area (Å²) in [6, 6.07) is 70.3. The average molecular weight is 840 g/mol. The molecular weight excluding hydrogens is 799 g/mol. The van der Waals surface area contributed by atoms with Crippen molar-refractivity contribution in [2.75, 3.05) is 0 Å². The molecule has 0 unspecified atom stereocenters. The zero-order valence-corrected chi connectivity index (χ0v) is 37.1. The normalized spacial score (nSPS) is 15.3. The highest BCUT2D eigenvalue weighted by atomic mass is 15.0. The molecule has 0 amide bonds. The molecule has 0 radical (unpaired) electrons. The van der Waals surface area contributed by atoms with Gasteiger partial charge in [0.25, 0.3) is 0 Å². The van der Waals surface area contributed by atoms with Crippen LogP contribution in [0.2, 0.25) is 0 Å². The van der Waals surface area contributed by atoms with Crippen molar-refractivity contribution in [2.45, 2.75) is 43.9 Å². The fourth-order valence-corrected chi connectivity index (χ4v) is 12.9. The molecule has 0 fully saturated rings. The first-order chi connectivity index (χ1) is 32.1. The van der Waals surface area contributed by atoms with Gasteiger partial charge in [0.1, 0.15) is 0 Å². The van der Waals surface area contributed by atoms with Crippen LogP contribution in [-0.4, -0.2) is 4.57 Å². The van der Waals surface area contributed by atoms with E-state index in [1.54, 1.807) is 0 Å². The van der Waals surface area contributed by atoms with E-state index < -0.39 is 5.41 Å². The Hall–Kier alpha value is -8.24. The zero-order chi connectivity index (χ0) is 44.4. The van der Waals surface area contributed by atoms with Crippen molar-refractivity contribution in [3.05, 3.63) is 232 Å². The molecule has 3 heteroatoms. The Morgan fingerprint density at radius 3 is 1.39 bits per heavy atom. The lowest BCUT2D eigenvalue weighted by molar-refractivity contribution is 0.660. The van der Waals surface area contributed by atoms with Crippen molar-refractivity contribution in [3.8, 4) is 73.5 Å². The Morgan fingerprint density at radius 1 is 0.364 bits per heavy atom. The number of benzene rings is 9. The van der Waals surface area contributed by atoms with Crippen LogP contribution in [0.4, 0.5) is 0 Å². The van der Waals surface area contributed by atoms with Gasteiger partial charge in [-0.25, -0.2) is 0 Å². The first-order valence-electron chi connectivity index (χ1n) is 22.9. The number of para-hydroxylation sites is 3. The van der Waals surface area contributed by atoms with Crippen molar-refractivity contribution in [1.82, 2.24) is 4.57 Å². The van der Waals surface area contributed by atoms with E-state index in [9.17, 15) is 10.5 Å². The summed E-state index contributed by atoms with van der Waals surface area (Å²) in [5.41, 5.74) is 26.4. The van der Waals surface area contributed by atoms with Gasteiger partial charge in [0.15, 0.2) is 0 Å². The third kappa shape index (κ3) is 4.45. The number of hydrogen-bond acceptors (Lipinski definition) is 2. The molecule has 3 aliphatic carbocycles. The monoisotopic (exact) mass is 839 g/mol. The van der Waals surface area contributed by atoms with Crippen molar-refractivity contribution >= 4 is 21.8 Å². The van der Waals surface area contributed by atoms with E-state index in [0.29, 0.717) is 11.1 Å². The predicted molar refractivity (Wildman–Crippen MR) is 267 cm³/mol. The first kappa shape index (κ1) is 37.2. The van der Waals surface area contributed by atoms with E-state index in [0.717, 1.165) is 0 Å². The van der Waals surface area contributed by atoms with Crippen LogP contribution in [0.3, 0.4) is 0 Å². The second kappa shape index (κ2) is 12.5. The molecule has 1 spiro atoms.